The van der Waals surface area contributed by atoms with Crippen LogP contribution in [-0.4, -0.2) is 22.0 Å². The third kappa shape index (κ3) is 1.99. The number of carbonyl (C=O) groups excluding carboxylic acids is 1. The molecule has 2 aromatic rings. The molecule has 4 nitrogen and oxygen atoms in total. The molecular weight excluding hydrogens is 304 g/mol. The predicted octanol–water partition coefficient (Wildman–Crippen LogP) is 3.20. The normalized spacial score (nSPS) is 19.7. The van der Waals surface area contributed by atoms with Gasteiger partial charge < -0.3 is 10.2 Å². The van der Waals surface area contributed by atoms with E-state index >= 15 is 0 Å². The Labute approximate surface area is 132 Å². The maximum atomic E-state index is 13.0. The fourth-order valence-electron chi connectivity index (χ4n) is 3.07. The molecule has 2 aromatic carbocycles. The van der Waals surface area contributed by atoms with E-state index in [-0.39, 0.29) is 22.8 Å². The zero-order valence-corrected chi connectivity index (χ0v) is 12.3. The number of fused-ring (bicyclic) bond motifs is 1. The molecule has 22 heavy (non-hydrogen) atoms. The first-order valence-electron chi connectivity index (χ1n) is 6.82. The van der Waals surface area contributed by atoms with Crippen LogP contribution in [0.3, 0.4) is 0 Å². The highest BCUT2D eigenvalue weighted by Crippen LogP contribution is 2.44. The molecule has 0 radical (unpaired) electrons. The molecule has 0 amide bonds. The minimum absolute atomic E-state index is 0.0572. The highest BCUT2D eigenvalue weighted by Gasteiger charge is 2.52. The average Bonchev–Trinajstić information content (AvgIpc) is 2.87. The maximum absolute atomic E-state index is 13.0. The molecule has 3 rings (SSSR count). The van der Waals surface area contributed by atoms with Crippen LogP contribution >= 0.6 is 11.6 Å². The molecule has 0 aromatic heterocycles. The summed E-state index contributed by atoms with van der Waals surface area (Å²) in [6.07, 6.45) is 0.628. The first-order valence-corrected chi connectivity index (χ1v) is 7.19. The molecular formula is C17H13ClO4. The second-order valence-electron chi connectivity index (χ2n) is 5.36. The molecule has 0 saturated heterocycles. The third-order valence-corrected chi connectivity index (χ3v) is 4.52. The molecule has 1 aliphatic carbocycles. The number of benzene rings is 2. The van der Waals surface area contributed by atoms with Crippen molar-refractivity contribution in [3.63, 3.8) is 0 Å². The standard InChI is InChI=1S/C17H13ClO4/c18-14-4-2-1-3-12(14)15(20)17(16(21)22)8-7-10-5-6-11(19)9-13(10)17/h1-6,9,19H,7-8H2,(H,21,22). The lowest BCUT2D eigenvalue weighted by Gasteiger charge is -2.24. The van der Waals surface area contributed by atoms with Gasteiger partial charge in [-0.2, -0.15) is 0 Å². The van der Waals surface area contributed by atoms with Crippen molar-refractivity contribution in [1.29, 1.82) is 0 Å². The highest BCUT2D eigenvalue weighted by atomic mass is 35.5. The molecule has 0 aliphatic heterocycles. The summed E-state index contributed by atoms with van der Waals surface area (Å²) in [5, 5.41) is 19.7. The number of halogens is 1. The van der Waals surface area contributed by atoms with Crippen LogP contribution in [0.1, 0.15) is 27.9 Å². The van der Waals surface area contributed by atoms with E-state index in [0.29, 0.717) is 12.0 Å². The average molecular weight is 317 g/mol. The number of aliphatic carboxylic acids is 1. The van der Waals surface area contributed by atoms with E-state index in [1.165, 1.54) is 18.2 Å². The van der Waals surface area contributed by atoms with Crippen molar-refractivity contribution in [3.05, 3.63) is 64.2 Å². The van der Waals surface area contributed by atoms with Gasteiger partial charge in [-0.05, 0) is 48.2 Å². The molecule has 112 valence electrons. The van der Waals surface area contributed by atoms with Crippen molar-refractivity contribution in [2.24, 2.45) is 0 Å². The van der Waals surface area contributed by atoms with Gasteiger partial charge in [0.2, 0.25) is 0 Å². The van der Waals surface area contributed by atoms with Gasteiger partial charge in [-0.15, -0.1) is 0 Å². The summed E-state index contributed by atoms with van der Waals surface area (Å²) in [4.78, 5) is 24.9. The number of carboxylic acid groups (broad SMARTS) is 1. The molecule has 5 heteroatoms. The quantitative estimate of drug-likeness (QED) is 0.673. The SMILES string of the molecule is O=C(O)C1(C(=O)c2ccccc2Cl)CCc2ccc(O)cc21. The highest BCUT2D eigenvalue weighted by molar-refractivity contribution is 6.35. The van der Waals surface area contributed by atoms with Crippen LogP contribution in [0.2, 0.25) is 5.02 Å². The Bertz CT molecular complexity index is 784. The van der Waals surface area contributed by atoms with Crippen LogP contribution in [0.5, 0.6) is 5.75 Å². The first-order chi connectivity index (χ1) is 10.5. The summed E-state index contributed by atoms with van der Waals surface area (Å²) in [5.74, 6) is -1.82. The minimum Gasteiger partial charge on any atom is -0.508 e. The van der Waals surface area contributed by atoms with Crippen LogP contribution in [0.4, 0.5) is 0 Å². The second kappa shape index (κ2) is 5.14. The van der Waals surface area contributed by atoms with Crippen molar-refractivity contribution in [1.82, 2.24) is 0 Å². The summed E-state index contributed by atoms with van der Waals surface area (Å²) in [5.41, 5.74) is -0.396. The van der Waals surface area contributed by atoms with E-state index in [2.05, 4.69) is 0 Å². The molecule has 1 atom stereocenters. The van der Waals surface area contributed by atoms with Crippen molar-refractivity contribution in [2.45, 2.75) is 18.3 Å². The predicted molar refractivity (Wildman–Crippen MR) is 81.5 cm³/mol. The Morgan fingerprint density at radius 1 is 1.14 bits per heavy atom. The van der Waals surface area contributed by atoms with Crippen LogP contribution in [0.15, 0.2) is 42.5 Å². The van der Waals surface area contributed by atoms with Crippen LogP contribution in [-0.2, 0) is 16.6 Å². The molecule has 1 unspecified atom stereocenters. The Morgan fingerprint density at radius 3 is 2.55 bits per heavy atom. The lowest BCUT2D eigenvalue weighted by atomic mass is 9.75. The van der Waals surface area contributed by atoms with Gasteiger partial charge >= 0.3 is 5.97 Å². The molecule has 0 fully saturated rings. The van der Waals surface area contributed by atoms with E-state index in [0.717, 1.165) is 5.56 Å². The zero-order chi connectivity index (χ0) is 15.9. The Kier molecular flexibility index (Phi) is 3.41. The molecule has 0 bridgehead atoms. The van der Waals surface area contributed by atoms with Crippen molar-refractivity contribution >= 4 is 23.4 Å². The summed E-state index contributed by atoms with van der Waals surface area (Å²) in [6, 6.07) is 10.9. The lowest BCUT2D eigenvalue weighted by molar-refractivity contribution is -0.141. The van der Waals surface area contributed by atoms with Gasteiger partial charge in [0.1, 0.15) is 5.75 Å². The van der Waals surface area contributed by atoms with Gasteiger partial charge in [0, 0.05) is 5.56 Å². The molecule has 0 heterocycles. The van der Waals surface area contributed by atoms with Crippen LogP contribution in [0.25, 0.3) is 0 Å². The number of ketones is 1. The summed E-state index contributed by atoms with van der Waals surface area (Å²) >= 11 is 6.06. The number of phenolic OH excluding ortho intramolecular Hbond substituents is 1. The third-order valence-electron chi connectivity index (χ3n) is 4.19. The fourth-order valence-corrected chi connectivity index (χ4v) is 3.29. The largest absolute Gasteiger partial charge is 0.508 e. The van der Waals surface area contributed by atoms with Crippen LogP contribution in [0, 0.1) is 0 Å². The number of aromatic hydroxyl groups is 1. The van der Waals surface area contributed by atoms with Crippen molar-refractivity contribution in [3.8, 4) is 5.75 Å². The summed E-state index contributed by atoms with van der Waals surface area (Å²) in [6.45, 7) is 0. The van der Waals surface area contributed by atoms with E-state index in [9.17, 15) is 19.8 Å². The molecule has 0 saturated carbocycles. The Morgan fingerprint density at radius 2 is 1.86 bits per heavy atom. The van der Waals surface area contributed by atoms with Gasteiger partial charge in [0.15, 0.2) is 11.2 Å². The Hall–Kier alpha value is -2.33. The van der Waals surface area contributed by atoms with E-state index in [1.54, 1.807) is 24.3 Å². The minimum atomic E-state index is -1.70. The number of rotatable bonds is 3. The van der Waals surface area contributed by atoms with Gasteiger partial charge in [-0.1, -0.05) is 29.8 Å². The zero-order valence-electron chi connectivity index (χ0n) is 11.5. The first kappa shape index (κ1) is 14.6. The van der Waals surface area contributed by atoms with Gasteiger partial charge in [0.25, 0.3) is 0 Å². The lowest BCUT2D eigenvalue weighted by Crippen LogP contribution is -2.42. The Balaban J connectivity index is 2.22. The van der Waals surface area contributed by atoms with Crippen molar-refractivity contribution in [2.75, 3.05) is 0 Å². The smallest absolute Gasteiger partial charge is 0.322 e. The number of hydrogen-bond acceptors (Lipinski definition) is 3. The van der Waals surface area contributed by atoms with E-state index in [1.807, 2.05) is 0 Å². The van der Waals surface area contributed by atoms with Gasteiger partial charge in [-0.3, -0.25) is 9.59 Å². The van der Waals surface area contributed by atoms with Gasteiger partial charge in [-0.25, -0.2) is 0 Å². The van der Waals surface area contributed by atoms with Gasteiger partial charge in [0.05, 0.1) is 5.02 Å². The number of phenols is 1. The maximum Gasteiger partial charge on any atom is 0.322 e. The second-order valence-corrected chi connectivity index (χ2v) is 5.77. The molecule has 1 aliphatic rings. The van der Waals surface area contributed by atoms with Crippen LogP contribution < -0.4 is 0 Å². The van der Waals surface area contributed by atoms with E-state index in [4.69, 9.17) is 11.6 Å². The van der Waals surface area contributed by atoms with Crippen molar-refractivity contribution < 1.29 is 19.8 Å². The number of hydrogen-bond donors (Lipinski definition) is 2. The summed E-state index contributed by atoms with van der Waals surface area (Å²) < 4.78 is 0. The molecule has 0 spiro atoms. The number of carbonyl (C=O) groups is 2. The number of carboxylic acids is 1. The fraction of sp³-hybridized carbons (Fsp3) is 0.176. The number of aryl methyl sites for hydroxylation is 1. The molecule has 2 N–H and O–H groups in total. The van der Waals surface area contributed by atoms with E-state index < -0.39 is 17.2 Å². The number of Topliss-reactive ketones (excluding diaryl/α,β-unsaturated/α-hetero) is 1. The summed E-state index contributed by atoms with van der Waals surface area (Å²) in [7, 11) is 0. The topological polar surface area (TPSA) is 74.6 Å². The monoisotopic (exact) mass is 316 g/mol.